The molecule has 1 N–H and O–H groups in total. The van der Waals surface area contributed by atoms with Crippen molar-refractivity contribution < 1.29 is 9.32 Å². The Labute approximate surface area is 207 Å². The molecule has 0 spiro atoms. The molecule has 3 heterocycles. The van der Waals surface area contributed by atoms with Gasteiger partial charge in [-0.2, -0.15) is 0 Å². The first-order valence-corrected chi connectivity index (χ1v) is 13.4. The van der Waals surface area contributed by atoms with E-state index in [0.717, 1.165) is 84.7 Å². The molecule has 0 bridgehead atoms. The fourth-order valence-corrected chi connectivity index (χ4v) is 6.56. The largest absolute Gasteiger partial charge is 0.383 e. The first kappa shape index (κ1) is 22.6. The molecule has 35 heavy (non-hydrogen) atoms. The Balaban J connectivity index is 1.39. The van der Waals surface area contributed by atoms with E-state index in [9.17, 15) is 4.79 Å². The number of rotatable bonds is 5. The molecule has 0 saturated carbocycles. The molecule has 6 nitrogen and oxygen atoms in total. The Morgan fingerprint density at radius 1 is 1.03 bits per heavy atom. The number of ketones is 1. The zero-order chi connectivity index (χ0) is 23.9. The van der Waals surface area contributed by atoms with Crippen molar-refractivity contribution in [3.05, 3.63) is 41.5 Å². The average molecular weight is 473 g/mol. The van der Waals surface area contributed by atoms with Gasteiger partial charge in [0.2, 0.25) is 0 Å². The van der Waals surface area contributed by atoms with Crippen LogP contribution in [0, 0.1) is 11.8 Å². The van der Waals surface area contributed by atoms with Crippen LogP contribution in [-0.4, -0.2) is 55.1 Å². The summed E-state index contributed by atoms with van der Waals surface area (Å²) < 4.78 is 5.95. The van der Waals surface area contributed by atoms with Crippen LogP contribution in [-0.2, 0) is 0 Å². The number of fused-ring (bicyclic) bond motifs is 2. The van der Waals surface area contributed by atoms with Crippen LogP contribution in [0.3, 0.4) is 0 Å². The second kappa shape index (κ2) is 9.30. The molecule has 1 aromatic heterocycles. The van der Waals surface area contributed by atoms with Gasteiger partial charge in [-0.3, -0.25) is 4.79 Å². The number of likely N-dealkylation sites (tertiary alicyclic amines) is 1. The second-order valence-electron chi connectivity index (χ2n) is 11.0. The first-order chi connectivity index (χ1) is 17.1. The molecule has 184 valence electrons. The van der Waals surface area contributed by atoms with E-state index in [0.29, 0.717) is 11.1 Å². The Morgan fingerprint density at radius 3 is 2.49 bits per heavy atom. The number of hydrogen-bond acceptors (Lipinski definition) is 6. The van der Waals surface area contributed by atoms with Gasteiger partial charge < -0.3 is 19.6 Å². The van der Waals surface area contributed by atoms with Crippen LogP contribution in [0.25, 0.3) is 22.2 Å². The maximum atomic E-state index is 13.8. The molecule has 2 aliphatic heterocycles. The van der Waals surface area contributed by atoms with Gasteiger partial charge >= 0.3 is 0 Å². The van der Waals surface area contributed by atoms with Crippen molar-refractivity contribution in [2.75, 3.05) is 49.5 Å². The summed E-state index contributed by atoms with van der Waals surface area (Å²) in [5, 5.41) is 9.09. The van der Waals surface area contributed by atoms with Crippen LogP contribution >= 0.6 is 0 Å². The van der Waals surface area contributed by atoms with Gasteiger partial charge in [0.1, 0.15) is 5.52 Å². The topological polar surface area (TPSA) is 61.6 Å². The maximum Gasteiger partial charge on any atom is 0.196 e. The van der Waals surface area contributed by atoms with E-state index < -0.39 is 0 Å². The number of carbonyl (C=O) groups excluding carboxylic acids is 1. The number of nitrogens with zero attached hydrogens (tertiary/aromatic N) is 3. The number of benzene rings is 2. The molecule has 6 heteroatoms. The monoisotopic (exact) mass is 472 g/mol. The zero-order valence-electron chi connectivity index (χ0n) is 21.0. The fraction of sp³-hybridized carbons (Fsp3) is 0.517. The molecule has 2 fully saturated rings. The van der Waals surface area contributed by atoms with E-state index >= 15 is 0 Å². The van der Waals surface area contributed by atoms with E-state index in [4.69, 9.17) is 4.52 Å². The van der Waals surface area contributed by atoms with Gasteiger partial charge in [-0.05, 0) is 37.2 Å². The van der Waals surface area contributed by atoms with E-state index in [2.05, 4.69) is 40.2 Å². The molecule has 0 unspecified atom stereocenters. The van der Waals surface area contributed by atoms with Crippen LogP contribution in [0.4, 0.5) is 11.4 Å². The lowest BCUT2D eigenvalue weighted by atomic mass is 9.86. The predicted octanol–water partition coefficient (Wildman–Crippen LogP) is 5.81. The fourth-order valence-electron chi connectivity index (χ4n) is 6.56. The van der Waals surface area contributed by atoms with Crippen LogP contribution < -0.4 is 10.2 Å². The lowest BCUT2D eigenvalue weighted by Gasteiger charge is -2.35. The minimum absolute atomic E-state index is 0.0615. The van der Waals surface area contributed by atoms with Crippen molar-refractivity contribution in [2.24, 2.45) is 11.8 Å². The third-order valence-corrected chi connectivity index (χ3v) is 8.01. The zero-order valence-corrected chi connectivity index (χ0v) is 21.0. The Kier molecular flexibility index (Phi) is 6.01. The minimum Gasteiger partial charge on any atom is -0.383 e. The van der Waals surface area contributed by atoms with Crippen molar-refractivity contribution in [3.63, 3.8) is 0 Å². The smallest absolute Gasteiger partial charge is 0.196 e. The van der Waals surface area contributed by atoms with Crippen molar-refractivity contribution in [3.8, 4) is 11.3 Å². The summed E-state index contributed by atoms with van der Waals surface area (Å²) in [4.78, 5) is 18.8. The van der Waals surface area contributed by atoms with E-state index in [1.807, 2.05) is 24.3 Å². The Bertz CT molecular complexity index is 1230. The Hall–Kier alpha value is -2.86. The van der Waals surface area contributed by atoms with Crippen molar-refractivity contribution >= 4 is 28.1 Å². The average Bonchev–Trinajstić information content (AvgIpc) is 3.10. The molecule has 6 rings (SSSR count). The molecular formula is C29H36N4O2. The van der Waals surface area contributed by atoms with E-state index in [1.54, 1.807) is 0 Å². The van der Waals surface area contributed by atoms with Gasteiger partial charge in [0, 0.05) is 56.1 Å². The summed E-state index contributed by atoms with van der Waals surface area (Å²) in [5.74, 6) is 2.27. The molecule has 0 amide bonds. The summed E-state index contributed by atoms with van der Waals surface area (Å²) >= 11 is 0. The van der Waals surface area contributed by atoms with Gasteiger partial charge in [0.05, 0.1) is 16.6 Å². The highest BCUT2D eigenvalue weighted by atomic mass is 16.5. The van der Waals surface area contributed by atoms with Crippen LogP contribution in [0.2, 0.25) is 0 Å². The summed E-state index contributed by atoms with van der Waals surface area (Å²) in [6.07, 6.45) is 6.22. The molecule has 3 aliphatic rings. The van der Waals surface area contributed by atoms with Crippen molar-refractivity contribution in [1.82, 2.24) is 10.1 Å². The number of nitrogens with one attached hydrogen (secondary N) is 1. The van der Waals surface area contributed by atoms with Gasteiger partial charge in [0.15, 0.2) is 11.5 Å². The predicted molar refractivity (Wildman–Crippen MR) is 141 cm³/mol. The summed E-state index contributed by atoms with van der Waals surface area (Å²) in [6.45, 7) is 10.8. The number of carbonyl (C=O) groups is 1. The first-order valence-electron chi connectivity index (χ1n) is 13.4. The van der Waals surface area contributed by atoms with Crippen LogP contribution in [0.5, 0.6) is 0 Å². The van der Waals surface area contributed by atoms with Crippen molar-refractivity contribution in [2.45, 2.75) is 46.0 Å². The molecular weight excluding hydrogens is 436 g/mol. The number of hydrogen-bond donors (Lipinski definition) is 1. The quantitative estimate of drug-likeness (QED) is 0.396. The highest BCUT2D eigenvalue weighted by Crippen LogP contribution is 2.46. The normalized spacial score (nSPS) is 22.8. The van der Waals surface area contributed by atoms with E-state index in [-0.39, 0.29) is 5.78 Å². The molecule has 2 aromatic carbocycles. The highest BCUT2D eigenvalue weighted by Gasteiger charge is 2.33. The molecule has 2 saturated heterocycles. The third-order valence-electron chi connectivity index (χ3n) is 8.01. The van der Waals surface area contributed by atoms with Gasteiger partial charge in [-0.1, -0.05) is 56.1 Å². The number of piperidine rings is 1. The van der Waals surface area contributed by atoms with E-state index in [1.165, 1.54) is 32.1 Å². The third kappa shape index (κ3) is 4.12. The van der Waals surface area contributed by atoms with Gasteiger partial charge in [-0.15, -0.1) is 0 Å². The standard InChI is InChI=1S/C29H36N4O2/c1-19-15-20(2)18-32(17-19)14-11-30-23-16-24(33-12-7-3-4-8-13-33)27-26-25(23)28(34)21-9-5-6-10-22(21)29(26)35-31-27/h5-6,9-10,16,19-20,30H,3-4,7-8,11-15,17-18H2,1-2H3/t19-,20-/m0/s1. The highest BCUT2D eigenvalue weighted by molar-refractivity contribution is 6.28. The lowest BCUT2D eigenvalue weighted by molar-refractivity contribution is 0.104. The molecule has 3 aromatic rings. The lowest BCUT2D eigenvalue weighted by Crippen LogP contribution is -2.41. The van der Waals surface area contributed by atoms with Crippen LogP contribution in [0.15, 0.2) is 34.9 Å². The van der Waals surface area contributed by atoms with Gasteiger partial charge in [0.25, 0.3) is 0 Å². The maximum absolute atomic E-state index is 13.8. The molecule has 0 radical (unpaired) electrons. The number of anilines is 2. The van der Waals surface area contributed by atoms with Crippen LogP contribution in [0.1, 0.15) is 61.9 Å². The molecule has 1 aliphatic carbocycles. The second-order valence-corrected chi connectivity index (χ2v) is 11.0. The SMILES string of the molecule is C[C@H]1C[C@H](C)CN(CCNc2cc(N3CCCCCC3)c3noc4c3c2C(=O)c2ccccc2-4)C1. The summed E-state index contributed by atoms with van der Waals surface area (Å²) in [5.41, 5.74) is 5.09. The summed E-state index contributed by atoms with van der Waals surface area (Å²) in [6, 6.07) is 9.93. The summed E-state index contributed by atoms with van der Waals surface area (Å²) in [7, 11) is 0. The molecule has 2 atom stereocenters. The van der Waals surface area contributed by atoms with Crippen molar-refractivity contribution in [1.29, 1.82) is 0 Å². The minimum atomic E-state index is 0.0615. The van der Waals surface area contributed by atoms with Gasteiger partial charge in [-0.25, -0.2) is 0 Å². The number of aromatic nitrogens is 1. The Morgan fingerprint density at radius 2 is 1.74 bits per heavy atom.